The minimum absolute atomic E-state index is 0.0610. The van der Waals surface area contributed by atoms with E-state index in [0.29, 0.717) is 23.1 Å². The van der Waals surface area contributed by atoms with Gasteiger partial charge in [0.2, 0.25) is 5.88 Å². The Morgan fingerprint density at radius 2 is 2.15 bits per heavy atom. The maximum atomic E-state index is 11.3. The highest BCUT2D eigenvalue weighted by molar-refractivity contribution is 6.32. The van der Waals surface area contributed by atoms with Crippen LogP contribution >= 0.6 is 11.6 Å². The van der Waals surface area contributed by atoms with Crippen molar-refractivity contribution in [3.8, 4) is 11.6 Å². The van der Waals surface area contributed by atoms with E-state index in [1.807, 2.05) is 43.3 Å². The molecule has 1 atom stereocenters. The van der Waals surface area contributed by atoms with Crippen molar-refractivity contribution in [1.29, 1.82) is 0 Å². The normalized spacial score (nSPS) is 12.3. The lowest BCUT2D eigenvalue weighted by molar-refractivity contribution is -0.118. The van der Waals surface area contributed by atoms with Gasteiger partial charge in [-0.15, -0.1) is 0 Å². The lowest BCUT2D eigenvalue weighted by Crippen LogP contribution is -2.15. The molecule has 26 heavy (non-hydrogen) atoms. The average Bonchev–Trinajstić information content (AvgIpc) is 2.63. The fourth-order valence-electron chi connectivity index (χ4n) is 2.52. The first-order valence-electron chi connectivity index (χ1n) is 8.84. The van der Waals surface area contributed by atoms with Gasteiger partial charge in [-0.3, -0.25) is 4.79 Å². The SMILES string of the molecule is CCCc1ccc(Oc2ccc(/C=C/[C@H](C)CC(=O)CN)cn2)c(Cl)c1. The third-order valence-electron chi connectivity index (χ3n) is 3.90. The predicted molar refractivity (Wildman–Crippen MR) is 107 cm³/mol. The number of aryl methyl sites for hydroxylation is 1. The summed E-state index contributed by atoms with van der Waals surface area (Å²) in [5, 5.41) is 0.583. The van der Waals surface area contributed by atoms with Crippen LogP contribution in [-0.4, -0.2) is 17.3 Å². The van der Waals surface area contributed by atoms with Crippen LogP contribution in [0.4, 0.5) is 0 Å². The van der Waals surface area contributed by atoms with Crippen molar-refractivity contribution in [2.45, 2.75) is 33.1 Å². The molecule has 1 aromatic carbocycles. The van der Waals surface area contributed by atoms with Crippen LogP contribution in [0.5, 0.6) is 11.6 Å². The van der Waals surface area contributed by atoms with Gasteiger partial charge in [0.1, 0.15) is 11.5 Å². The number of nitrogens with zero attached hydrogens (tertiary/aromatic N) is 1. The largest absolute Gasteiger partial charge is 0.437 e. The first-order valence-corrected chi connectivity index (χ1v) is 9.22. The predicted octanol–water partition coefficient (Wildman–Crippen LogP) is 5.05. The fraction of sp³-hybridized carbons (Fsp3) is 0.333. The summed E-state index contributed by atoms with van der Waals surface area (Å²) in [6.45, 7) is 4.21. The van der Waals surface area contributed by atoms with Gasteiger partial charge < -0.3 is 10.5 Å². The Morgan fingerprint density at radius 3 is 2.77 bits per heavy atom. The molecule has 5 heteroatoms. The Morgan fingerprint density at radius 1 is 1.35 bits per heavy atom. The van der Waals surface area contributed by atoms with E-state index < -0.39 is 0 Å². The highest BCUT2D eigenvalue weighted by atomic mass is 35.5. The number of Topliss-reactive ketones (excluding diaryl/α,β-unsaturated/α-hetero) is 1. The van der Waals surface area contributed by atoms with E-state index in [1.54, 1.807) is 12.3 Å². The molecule has 0 amide bonds. The number of carbonyl (C=O) groups excluding carboxylic acids is 1. The molecule has 4 nitrogen and oxygen atoms in total. The van der Waals surface area contributed by atoms with Crippen molar-refractivity contribution in [3.63, 3.8) is 0 Å². The lowest BCUT2D eigenvalue weighted by atomic mass is 10.0. The average molecular weight is 373 g/mol. The van der Waals surface area contributed by atoms with Crippen LogP contribution in [0.15, 0.2) is 42.6 Å². The number of nitrogens with two attached hydrogens (primary N) is 1. The first kappa shape index (κ1) is 20.1. The van der Waals surface area contributed by atoms with E-state index in [9.17, 15) is 4.79 Å². The number of benzene rings is 1. The molecule has 0 radical (unpaired) electrons. The molecule has 138 valence electrons. The van der Waals surface area contributed by atoms with Crippen LogP contribution in [0.25, 0.3) is 6.08 Å². The minimum atomic E-state index is 0.0610. The molecule has 0 fully saturated rings. The number of aromatic nitrogens is 1. The number of halogens is 1. The van der Waals surface area contributed by atoms with E-state index in [4.69, 9.17) is 22.1 Å². The maximum absolute atomic E-state index is 11.3. The van der Waals surface area contributed by atoms with Crippen LogP contribution < -0.4 is 10.5 Å². The van der Waals surface area contributed by atoms with Gasteiger partial charge >= 0.3 is 0 Å². The molecular weight excluding hydrogens is 348 g/mol. The zero-order chi connectivity index (χ0) is 18.9. The molecule has 0 bridgehead atoms. The van der Waals surface area contributed by atoms with E-state index in [0.717, 1.165) is 18.4 Å². The van der Waals surface area contributed by atoms with E-state index >= 15 is 0 Å². The smallest absolute Gasteiger partial charge is 0.219 e. The van der Waals surface area contributed by atoms with E-state index in [2.05, 4.69) is 11.9 Å². The second kappa shape index (κ2) is 10.1. The number of carbonyl (C=O) groups is 1. The van der Waals surface area contributed by atoms with Crippen LogP contribution in [0.3, 0.4) is 0 Å². The van der Waals surface area contributed by atoms with Crippen LogP contribution in [0.1, 0.15) is 37.8 Å². The molecule has 0 unspecified atom stereocenters. The monoisotopic (exact) mass is 372 g/mol. The highest BCUT2D eigenvalue weighted by Gasteiger charge is 2.06. The van der Waals surface area contributed by atoms with Gasteiger partial charge in [0.05, 0.1) is 11.6 Å². The van der Waals surface area contributed by atoms with Gasteiger partial charge in [-0.05, 0) is 41.7 Å². The lowest BCUT2D eigenvalue weighted by Gasteiger charge is -2.08. The quantitative estimate of drug-likeness (QED) is 0.669. The summed E-state index contributed by atoms with van der Waals surface area (Å²) >= 11 is 6.28. The van der Waals surface area contributed by atoms with Crippen LogP contribution in [-0.2, 0) is 11.2 Å². The minimum Gasteiger partial charge on any atom is -0.437 e. The van der Waals surface area contributed by atoms with Crippen molar-refractivity contribution >= 4 is 23.5 Å². The van der Waals surface area contributed by atoms with Crippen molar-refractivity contribution in [2.24, 2.45) is 11.7 Å². The summed E-state index contributed by atoms with van der Waals surface area (Å²) in [5.41, 5.74) is 7.47. The molecule has 0 aliphatic rings. The zero-order valence-electron chi connectivity index (χ0n) is 15.2. The molecule has 0 aliphatic heterocycles. The third kappa shape index (κ3) is 6.28. The Balaban J connectivity index is 1.98. The van der Waals surface area contributed by atoms with Gasteiger partial charge in [0.15, 0.2) is 0 Å². The highest BCUT2D eigenvalue weighted by Crippen LogP contribution is 2.29. The van der Waals surface area contributed by atoms with Crippen LogP contribution in [0.2, 0.25) is 5.02 Å². The van der Waals surface area contributed by atoms with Gasteiger partial charge in [-0.1, -0.05) is 50.1 Å². The van der Waals surface area contributed by atoms with Gasteiger partial charge in [0, 0.05) is 18.7 Å². The molecule has 0 spiro atoms. The second-order valence-electron chi connectivity index (χ2n) is 6.33. The Hall–Kier alpha value is -2.17. The van der Waals surface area contributed by atoms with Crippen LogP contribution in [0, 0.1) is 5.92 Å². The van der Waals surface area contributed by atoms with E-state index in [-0.39, 0.29) is 18.2 Å². The fourth-order valence-corrected chi connectivity index (χ4v) is 2.76. The molecule has 2 rings (SSSR count). The number of allylic oxidation sites excluding steroid dienone is 1. The summed E-state index contributed by atoms with van der Waals surface area (Å²) in [5.74, 6) is 1.28. The number of rotatable bonds is 9. The summed E-state index contributed by atoms with van der Waals surface area (Å²) in [6.07, 6.45) is 8.17. The second-order valence-corrected chi connectivity index (χ2v) is 6.74. The summed E-state index contributed by atoms with van der Waals surface area (Å²) in [7, 11) is 0. The van der Waals surface area contributed by atoms with Crippen molar-refractivity contribution < 1.29 is 9.53 Å². The molecular formula is C21H25ClN2O2. The Kier molecular flexibility index (Phi) is 7.82. The Labute approximate surface area is 160 Å². The molecule has 1 heterocycles. The first-order chi connectivity index (χ1) is 12.5. The Bertz CT molecular complexity index is 757. The summed E-state index contributed by atoms with van der Waals surface area (Å²) in [4.78, 5) is 15.6. The molecule has 1 aromatic heterocycles. The molecule has 2 aromatic rings. The van der Waals surface area contributed by atoms with Gasteiger partial charge in [-0.2, -0.15) is 0 Å². The number of pyridine rings is 1. The number of ketones is 1. The number of hydrogen-bond donors (Lipinski definition) is 1. The third-order valence-corrected chi connectivity index (χ3v) is 4.20. The van der Waals surface area contributed by atoms with Crippen molar-refractivity contribution in [3.05, 3.63) is 58.8 Å². The number of hydrogen-bond acceptors (Lipinski definition) is 4. The molecule has 2 N–H and O–H groups in total. The van der Waals surface area contributed by atoms with Crippen molar-refractivity contribution in [1.82, 2.24) is 4.98 Å². The topological polar surface area (TPSA) is 65.2 Å². The molecule has 0 saturated heterocycles. The molecule has 0 saturated carbocycles. The van der Waals surface area contributed by atoms with Gasteiger partial charge in [0.25, 0.3) is 0 Å². The van der Waals surface area contributed by atoms with Gasteiger partial charge in [-0.25, -0.2) is 4.98 Å². The van der Waals surface area contributed by atoms with E-state index in [1.165, 1.54) is 5.56 Å². The zero-order valence-corrected chi connectivity index (χ0v) is 16.0. The standard InChI is InChI=1S/C21H25ClN2O2/c1-3-4-16-7-9-20(19(22)12-16)26-21-10-8-17(14-24-21)6-5-15(2)11-18(25)13-23/h5-10,12,14-15H,3-4,11,13,23H2,1-2H3/b6-5+/t15-/m0/s1. The summed E-state index contributed by atoms with van der Waals surface area (Å²) in [6, 6.07) is 9.54. The molecule has 0 aliphatic carbocycles. The number of ether oxygens (including phenoxy) is 1. The van der Waals surface area contributed by atoms with Crippen molar-refractivity contribution in [2.75, 3.05) is 6.54 Å². The maximum Gasteiger partial charge on any atom is 0.219 e. The summed E-state index contributed by atoms with van der Waals surface area (Å²) < 4.78 is 5.76.